The van der Waals surface area contributed by atoms with E-state index in [2.05, 4.69) is 15.3 Å². The Bertz CT molecular complexity index is 740. The van der Waals surface area contributed by atoms with Crippen LogP contribution in [0.25, 0.3) is 11.1 Å². The van der Waals surface area contributed by atoms with Gasteiger partial charge in [-0.2, -0.15) is 5.26 Å². The molecule has 0 saturated heterocycles. The first-order valence-electron chi connectivity index (χ1n) is 8.06. The normalized spacial score (nSPS) is 20.2. The first-order valence-corrected chi connectivity index (χ1v) is 8.06. The summed E-state index contributed by atoms with van der Waals surface area (Å²) in [5, 5.41) is 22.3. The summed E-state index contributed by atoms with van der Waals surface area (Å²) in [7, 11) is 1.52. The number of ether oxygens (including phenoxy) is 1. The van der Waals surface area contributed by atoms with Gasteiger partial charge in [-0.05, 0) is 31.0 Å². The van der Waals surface area contributed by atoms with Crippen molar-refractivity contribution in [3.8, 4) is 22.9 Å². The number of hydrogen-bond acceptors (Lipinski definition) is 6. The summed E-state index contributed by atoms with van der Waals surface area (Å²) in [6.07, 6.45) is 7.08. The minimum absolute atomic E-state index is 0.0637. The molecule has 0 amide bonds. The maximum atomic E-state index is 10.0. The van der Waals surface area contributed by atoms with Gasteiger partial charge in [-0.25, -0.2) is 9.97 Å². The fraction of sp³-hybridized carbons (Fsp3) is 0.389. The van der Waals surface area contributed by atoms with Gasteiger partial charge in [-0.3, -0.25) is 0 Å². The van der Waals surface area contributed by atoms with Gasteiger partial charge < -0.3 is 15.2 Å². The Balaban J connectivity index is 1.76. The molecular weight excluding hydrogens is 304 g/mol. The zero-order valence-corrected chi connectivity index (χ0v) is 13.6. The van der Waals surface area contributed by atoms with Crippen LogP contribution in [-0.2, 0) is 0 Å². The van der Waals surface area contributed by atoms with Crippen LogP contribution in [0.15, 0.2) is 30.6 Å². The molecule has 24 heavy (non-hydrogen) atoms. The van der Waals surface area contributed by atoms with Crippen LogP contribution in [0.1, 0.15) is 31.4 Å². The molecule has 2 heterocycles. The van der Waals surface area contributed by atoms with E-state index in [0.29, 0.717) is 5.75 Å². The van der Waals surface area contributed by atoms with Crippen molar-refractivity contribution in [3.63, 3.8) is 0 Å². The summed E-state index contributed by atoms with van der Waals surface area (Å²) in [5.74, 6) is 1.20. The van der Waals surface area contributed by atoms with E-state index in [9.17, 15) is 5.11 Å². The van der Waals surface area contributed by atoms with Crippen molar-refractivity contribution in [1.82, 2.24) is 9.97 Å². The van der Waals surface area contributed by atoms with E-state index in [-0.39, 0.29) is 17.8 Å². The lowest BCUT2D eigenvalue weighted by atomic mass is 9.92. The monoisotopic (exact) mass is 324 g/mol. The van der Waals surface area contributed by atoms with Gasteiger partial charge in [0.05, 0.1) is 19.3 Å². The Morgan fingerprint density at radius 1 is 1.21 bits per heavy atom. The van der Waals surface area contributed by atoms with Crippen molar-refractivity contribution in [1.29, 1.82) is 5.26 Å². The second kappa shape index (κ2) is 7.28. The smallest absolute Gasteiger partial charge is 0.182 e. The van der Waals surface area contributed by atoms with Gasteiger partial charge in [-0.1, -0.05) is 12.8 Å². The van der Waals surface area contributed by atoms with Crippen LogP contribution < -0.4 is 10.1 Å². The lowest BCUT2D eigenvalue weighted by molar-refractivity contribution is 0.116. The van der Waals surface area contributed by atoms with Gasteiger partial charge in [0.15, 0.2) is 11.4 Å². The van der Waals surface area contributed by atoms with Gasteiger partial charge in [0.1, 0.15) is 11.9 Å². The van der Waals surface area contributed by atoms with Crippen molar-refractivity contribution in [2.24, 2.45) is 0 Å². The Kier molecular flexibility index (Phi) is 4.92. The maximum Gasteiger partial charge on any atom is 0.182 e. The molecule has 0 unspecified atom stereocenters. The average Bonchev–Trinajstić information content (AvgIpc) is 2.63. The van der Waals surface area contributed by atoms with E-state index in [1.54, 1.807) is 18.5 Å². The number of aromatic nitrogens is 2. The number of rotatable bonds is 4. The van der Waals surface area contributed by atoms with Gasteiger partial charge >= 0.3 is 0 Å². The Morgan fingerprint density at radius 3 is 2.67 bits per heavy atom. The minimum atomic E-state index is -0.313. The molecule has 0 radical (unpaired) electrons. The molecule has 1 saturated carbocycles. The van der Waals surface area contributed by atoms with E-state index < -0.39 is 0 Å². The van der Waals surface area contributed by atoms with Crippen LogP contribution in [-0.4, -0.2) is 34.3 Å². The third kappa shape index (κ3) is 3.47. The fourth-order valence-electron chi connectivity index (χ4n) is 2.96. The van der Waals surface area contributed by atoms with Gasteiger partial charge in [0, 0.05) is 23.5 Å². The molecule has 0 aliphatic heterocycles. The Morgan fingerprint density at radius 2 is 2.00 bits per heavy atom. The summed E-state index contributed by atoms with van der Waals surface area (Å²) in [6, 6.07) is 7.67. The molecule has 6 nitrogen and oxygen atoms in total. The van der Waals surface area contributed by atoms with Gasteiger partial charge in [0.2, 0.25) is 0 Å². The number of pyridine rings is 2. The zero-order chi connectivity index (χ0) is 16.9. The molecular formula is C18H20N4O2. The number of hydrogen-bond donors (Lipinski definition) is 2. The van der Waals surface area contributed by atoms with Crippen molar-refractivity contribution >= 4 is 5.82 Å². The number of methoxy groups -OCH3 is 1. The molecule has 124 valence electrons. The number of nitrogens with zero attached hydrogens (tertiary/aromatic N) is 3. The van der Waals surface area contributed by atoms with Crippen molar-refractivity contribution < 1.29 is 9.84 Å². The molecule has 1 fully saturated rings. The summed E-state index contributed by atoms with van der Waals surface area (Å²) in [6.45, 7) is 0. The highest BCUT2D eigenvalue weighted by molar-refractivity contribution is 5.65. The molecule has 0 aromatic carbocycles. The molecule has 0 spiro atoms. The fourth-order valence-corrected chi connectivity index (χ4v) is 2.96. The second-order valence-electron chi connectivity index (χ2n) is 5.92. The number of anilines is 1. The van der Waals surface area contributed by atoms with Gasteiger partial charge in [-0.15, -0.1) is 0 Å². The highest BCUT2D eigenvalue weighted by atomic mass is 16.5. The number of nitriles is 1. The molecule has 2 N–H and O–H groups in total. The van der Waals surface area contributed by atoms with Crippen LogP contribution >= 0.6 is 0 Å². The highest BCUT2D eigenvalue weighted by Crippen LogP contribution is 2.26. The first-order chi connectivity index (χ1) is 11.7. The lowest BCUT2D eigenvalue weighted by Gasteiger charge is -2.28. The molecule has 6 heteroatoms. The summed E-state index contributed by atoms with van der Waals surface area (Å²) >= 11 is 0. The van der Waals surface area contributed by atoms with Crippen molar-refractivity contribution in [2.75, 3.05) is 12.4 Å². The summed E-state index contributed by atoms with van der Waals surface area (Å²) < 4.78 is 5.19. The van der Waals surface area contributed by atoms with Crippen LogP contribution in [0.3, 0.4) is 0 Å². The topological polar surface area (TPSA) is 91.1 Å². The maximum absolute atomic E-state index is 10.0. The molecule has 2 aromatic rings. The Hall–Kier alpha value is -2.65. The molecule has 2 aromatic heterocycles. The number of aliphatic hydroxyl groups is 1. The van der Waals surface area contributed by atoms with E-state index >= 15 is 0 Å². The predicted octanol–water partition coefficient (Wildman–Crippen LogP) is 2.74. The lowest BCUT2D eigenvalue weighted by Crippen LogP contribution is -2.36. The van der Waals surface area contributed by atoms with Crippen LogP contribution in [0.4, 0.5) is 5.82 Å². The molecule has 3 rings (SSSR count). The average molecular weight is 324 g/mol. The third-order valence-corrected chi connectivity index (χ3v) is 4.34. The van der Waals surface area contributed by atoms with Crippen molar-refractivity contribution in [2.45, 2.75) is 37.8 Å². The standard InChI is InChI=1S/C18H20N4O2/c1-24-17-8-13(11-20-15(17)9-19)12-6-7-18(21-10-12)22-14-4-2-3-5-16(14)23/h6-8,10-11,14,16,23H,2-5H2,1H3,(H,21,22)/t14-,16-/m0/s1. The number of nitrogens with one attached hydrogen (secondary N) is 1. The van der Waals surface area contributed by atoms with E-state index in [4.69, 9.17) is 10.00 Å². The number of aliphatic hydroxyl groups excluding tert-OH is 1. The van der Waals surface area contributed by atoms with Crippen LogP contribution in [0.2, 0.25) is 0 Å². The quantitative estimate of drug-likeness (QED) is 0.898. The molecule has 1 aliphatic rings. The third-order valence-electron chi connectivity index (χ3n) is 4.34. The van der Waals surface area contributed by atoms with E-state index in [1.165, 1.54) is 7.11 Å². The Labute approximate surface area is 141 Å². The summed E-state index contributed by atoms with van der Waals surface area (Å²) in [5.41, 5.74) is 1.99. The highest BCUT2D eigenvalue weighted by Gasteiger charge is 2.22. The van der Waals surface area contributed by atoms with Gasteiger partial charge in [0.25, 0.3) is 0 Å². The molecule has 1 aliphatic carbocycles. The van der Waals surface area contributed by atoms with E-state index in [1.807, 2.05) is 18.2 Å². The van der Waals surface area contributed by atoms with E-state index in [0.717, 1.165) is 42.6 Å². The van der Waals surface area contributed by atoms with Crippen LogP contribution in [0.5, 0.6) is 5.75 Å². The van der Waals surface area contributed by atoms with Crippen LogP contribution in [0, 0.1) is 11.3 Å². The summed E-state index contributed by atoms with van der Waals surface area (Å²) in [4.78, 5) is 8.53. The molecule has 2 atom stereocenters. The molecule has 0 bridgehead atoms. The predicted molar refractivity (Wildman–Crippen MR) is 90.6 cm³/mol. The zero-order valence-electron chi connectivity index (χ0n) is 13.6. The van der Waals surface area contributed by atoms with Crippen molar-refractivity contribution in [3.05, 3.63) is 36.3 Å². The second-order valence-corrected chi connectivity index (χ2v) is 5.92. The SMILES string of the molecule is COc1cc(-c2ccc(N[C@H]3CCCC[C@@H]3O)nc2)cnc1C#N. The largest absolute Gasteiger partial charge is 0.494 e. The first kappa shape index (κ1) is 16.2. The minimum Gasteiger partial charge on any atom is -0.494 e.